The molecule has 4 rings (SSSR count). The molecule has 1 spiro atoms. The average molecular weight is 346 g/mol. The van der Waals surface area contributed by atoms with Crippen LogP contribution < -0.4 is 5.32 Å². The van der Waals surface area contributed by atoms with Gasteiger partial charge in [0, 0.05) is 0 Å². The molecule has 25 heavy (non-hydrogen) atoms. The van der Waals surface area contributed by atoms with Crippen LogP contribution in [-0.4, -0.2) is 24.8 Å². The van der Waals surface area contributed by atoms with Crippen molar-refractivity contribution in [2.24, 2.45) is 0 Å². The molecule has 6 heteroatoms. The number of quaternary nitrogens is 1. The lowest BCUT2D eigenvalue weighted by Crippen LogP contribution is -2.88. The van der Waals surface area contributed by atoms with E-state index in [-0.39, 0.29) is 0 Å². The van der Waals surface area contributed by atoms with Crippen LogP contribution in [0.2, 0.25) is 0 Å². The number of hydrogen-bond donors (Lipinski definition) is 1. The monoisotopic (exact) mass is 346 g/mol. The number of halogens is 2. The van der Waals surface area contributed by atoms with Crippen molar-refractivity contribution in [3.05, 3.63) is 71.3 Å². The normalized spacial score (nSPS) is 21.3. The smallest absolute Gasteiger partial charge is 0.350 e. The van der Waals surface area contributed by atoms with Gasteiger partial charge in [-0.3, -0.25) is 0 Å². The first-order chi connectivity index (χ1) is 12.0. The van der Waals surface area contributed by atoms with Gasteiger partial charge in [0.2, 0.25) is 11.4 Å². The molecule has 2 aliphatic rings. The van der Waals surface area contributed by atoms with Crippen LogP contribution in [0.25, 0.3) is 0 Å². The number of hydrogen-bond acceptors (Lipinski definition) is 3. The predicted octanol–water partition coefficient (Wildman–Crippen LogP) is 1.84. The molecule has 2 aromatic carbocycles. The van der Waals surface area contributed by atoms with E-state index in [1.54, 1.807) is 0 Å². The fourth-order valence-electron chi connectivity index (χ4n) is 3.59. The topological polar surface area (TPSA) is 52.1 Å². The third-order valence-electron chi connectivity index (χ3n) is 4.87. The summed E-state index contributed by atoms with van der Waals surface area (Å²) in [6.07, 6.45) is 1.14. The van der Waals surface area contributed by atoms with Crippen LogP contribution in [0.15, 0.2) is 48.5 Å². The van der Waals surface area contributed by atoms with Gasteiger partial charge in [0.05, 0.1) is 25.9 Å². The second kappa shape index (κ2) is 5.89. The maximum absolute atomic E-state index is 13.4. The van der Waals surface area contributed by atoms with Crippen molar-refractivity contribution in [2.45, 2.75) is 24.2 Å². The highest BCUT2D eigenvalue weighted by Gasteiger charge is 2.60. The van der Waals surface area contributed by atoms with Crippen LogP contribution in [-0.2, 0) is 19.9 Å². The molecule has 0 atom stereocenters. The third-order valence-corrected chi connectivity index (χ3v) is 4.87. The second-order valence-electron chi connectivity index (χ2n) is 6.46. The summed E-state index contributed by atoms with van der Waals surface area (Å²) >= 11 is 0. The molecule has 0 amide bonds. The maximum Gasteiger partial charge on any atom is 0.350 e. The number of rotatable bonds is 2. The van der Waals surface area contributed by atoms with E-state index in [9.17, 15) is 13.6 Å². The number of carbonyl (C=O) groups excluding carboxylic acids is 1. The van der Waals surface area contributed by atoms with E-state index >= 15 is 0 Å². The summed E-state index contributed by atoms with van der Waals surface area (Å²) in [5, 5.41) is 2.14. The molecule has 2 aromatic rings. The Morgan fingerprint density at radius 3 is 1.80 bits per heavy atom. The van der Waals surface area contributed by atoms with E-state index in [2.05, 4.69) is 5.32 Å². The molecule has 0 unspecified atom stereocenters. The molecule has 0 bridgehead atoms. The largest absolute Gasteiger partial charge is 0.430 e. The molecule has 2 fully saturated rings. The summed E-state index contributed by atoms with van der Waals surface area (Å²) in [7, 11) is 0. The molecule has 4 nitrogen and oxygen atoms in total. The molecule has 0 saturated carbocycles. The highest BCUT2D eigenvalue weighted by Crippen LogP contribution is 2.47. The molecule has 2 aliphatic heterocycles. The molecule has 0 aliphatic carbocycles. The van der Waals surface area contributed by atoms with Gasteiger partial charge in [0.25, 0.3) is 0 Å². The van der Waals surface area contributed by atoms with Gasteiger partial charge in [0.1, 0.15) is 11.6 Å². The van der Waals surface area contributed by atoms with Crippen molar-refractivity contribution in [3.8, 4) is 0 Å². The Hall–Kier alpha value is -2.31. The van der Waals surface area contributed by atoms with Gasteiger partial charge >= 0.3 is 5.97 Å². The summed E-state index contributed by atoms with van der Waals surface area (Å²) in [5.41, 5.74) is -0.576. The number of nitrogens with two attached hydrogens (primary N) is 1. The quantitative estimate of drug-likeness (QED) is 0.845. The summed E-state index contributed by atoms with van der Waals surface area (Å²) in [6, 6.07) is 11.1. The Balaban J connectivity index is 1.86. The predicted molar refractivity (Wildman–Crippen MR) is 84.4 cm³/mol. The van der Waals surface area contributed by atoms with Crippen LogP contribution in [0.3, 0.4) is 0 Å². The Kier molecular flexibility index (Phi) is 3.81. The first-order valence-corrected chi connectivity index (χ1v) is 8.31. The summed E-state index contributed by atoms with van der Waals surface area (Å²) in [6.45, 7) is 1.58. The van der Waals surface area contributed by atoms with Gasteiger partial charge in [-0.1, -0.05) is 24.3 Å². The Morgan fingerprint density at radius 2 is 1.32 bits per heavy atom. The fourth-order valence-corrected chi connectivity index (χ4v) is 3.59. The standard InChI is InChI=1S/C19H17F2NO3/c20-15-5-1-13(2-6-15)19(14-3-7-16(21)8-4-14)17(23)24-18(25-19)9-11-22-12-10-18/h1-8,22H,9-12H2/p+1. The fraction of sp³-hybridized carbons (Fsp3) is 0.316. The number of carbonyl (C=O) groups is 1. The van der Waals surface area contributed by atoms with Gasteiger partial charge in [0.15, 0.2) is 0 Å². The van der Waals surface area contributed by atoms with Crippen LogP contribution in [0.4, 0.5) is 8.78 Å². The van der Waals surface area contributed by atoms with Crippen LogP contribution in [0, 0.1) is 11.6 Å². The molecule has 2 N–H and O–H groups in total. The SMILES string of the molecule is O=C1OC2(CC[NH2+]CC2)OC1(c1ccc(F)cc1)c1ccc(F)cc1. The van der Waals surface area contributed by atoms with Gasteiger partial charge in [-0.2, -0.15) is 0 Å². The maximum atomic E-state index is 13.4. The van der Waals surface area contributed by atoms with Crippen molar-refractivity contribution in [1.29, 1.82) is 0 Å². The zero-order valence-electron chi connectivity index (χ0n) is 13.5. The highest BCUT2D eigenvalue weighted by atomic mass is 19.1. The lowest BCUT2D eigenvalue weighted by Gasteiger charge is -2.32. The molecule has 2 saturated heterocycles. The molecule has 130 valence electrons. The van der Waals surface area contributed by atoms with Crippen molar-refractivity contribution in [3.63, 3.8) is 0 Å². The van der Waals surface area contributed by atoms with Crippen LogP contribution in [0.5, 0.6) is 0 Å². The average Bonchev–Trinajstić information content (AvgIpc) is 2.89. The molecule has 0 aromatic heterocycles. The van der Waals surface area contributed by atoms with E-state index in [4.69, 9.17) is 9.47 Å². The second-order valence-corrected chi connectivity index (χ2v) is 6.46. The first kappa shape index (κ1) is 16.2. The van der Waals surface area contributed by atoms with Crippen LogP contribution >= 0.6 is 0 Å². The number of piperidine rings is 1. The number of benzene rings is 2. The lowest BCUT2D eigenvalue weighted by atomic mass is 9.86. The summed E-state index contributed by atoms with van der Waals surface area (Å²) in [4.78, 5) is 13.0. The van der Waals surface area contributed by atoms with E-state index in [0.717, 1.165) is 13.1 Å². The minimum atomic E-state index is -1.52. The van der Waals surface area contributed by atoms with Gasteiger partial charge < -0.3 is 14.8 Å². The molecular formula is C19H18F2NO3+. The van der Waals surface area contributed by atoms with Crippen molar-refractivity contribution >= 4 is 5.97 Å². The molecule has 0 radical (unpaired) electrons. The van der Waals surface area contributed by atoms with Gasteiger partial charge in [-0.15, -0.1) is 0 Å². The van der Waals surface area contributed by atoms with Crippen molar-refractivity contribution in [2.75, 3.05) is 13.1 Å². The zero-order chi connectivity index (χ0) is 17.5. The zero-order valence-corrected chi connectivity index (χ0v) is 13.5. The lowest BCUT2D eigenvalue weighted by molar-refractivity contribution is -0.672. The number of esters is 1. The number of ether oxygens (including phenoxy) is 2. The third kappa shape index (κ3) is 2.62. The van der Waals surface area contributed by atoms with Gasteiger partial charge in [-0.05, 0) is 35.4 Å². The molecule has 2 heterocycles. The van der Waals surface area contributed by atoms with E-state index in [0.29, 0.717) is 24.0 Å². The minimum absolute atomic E-state index is 0.411. The van der Waals surface area contributed by atoms with Crippen molar-refractivity contribution < 1.29 is 28.4 Å². The highest BCUT2D eigenvalue weighted by molar-refractivity contribution is 5.87. The van der Waals surface area contributed by atoms with Crippen LogP contribution in [0.1, 0.15) is 24.0 Å². The Labute approximate surface area is 143 Å². The first-order valence-electron chi connectivity index (χ1n) is 8.31. The van der Waals surface area contributed by atoms with E-state index < -0.39 is 29.0 Å². The van der Waals surface area contributed by atoms with Gasteiger partial charge in [-0.25, -0.2) is 13.6 Å². The minimum Gasteiger partial charge on any atom is -0.430 e. The Bertz CT molecular complexity index is 738. The van der Waals surface area contributed by atoms with E-state index in [1.807, 2.05) is 0 Å². The summed E-state index contributed by atoms with van der Waals surface area (Å²) in [5.74, 6) is -2.36. The Morgan fingerprint density at radius 1 is 0.840 bits per heavy atom. The van der Waals surface area contributed by atoms with Crippen molar-refractivity contribution in [1.82, 2.24) is 0 Å². The van der Waals surface area contributed by atoms with E-state index in [1.165, 1.54) is 48.5 Å². The summed E-state index contributed by atoms with van der Waals surface area (Å²) < 4.78 is 38.8. The molecular weight excluding hydrogens is 328 g/mol.